The fraction of sp³-hybridized carbons (Fsp3) is 0.556. The Morgan fingerprint density at radius 1 is 1.39 bits per heavy atom. The van der Waals surface area contributed by atoms with E-state index in [4.69, 9.17) is 9.26 Å². The number of carbonyl (C=O) groups is 1. The van der Waals surface area contributed by atoms with Crippen LogP contribution in [0.1, 0.15) is 46.5 Å². The molecule has 0 unspecified atom stereocenters. The predicted octanol–water partition coefficient (Wildman–Crippen LogP) is 1.98. The Bertz CT molecular complexity index is 1050. The van der Waals surface area contributed by atoms with Gasteiger partial charge in [-0.05, 0) is 18.8 Å². The minimum absolute atomic E-state index is 0.0201. The van der Waals surface area contributed by atoms with Crippen molar-refractivity contribution in [2.75, 3.05) is 18.6 Å². The number of alkyl halides is 3. The van der Waals surface area contributed by atoms with E-state index in [1.807, 2.05) is 0 Å². The fourth-order valence-electron chi connectivity index (χ4n) is 2.98. The van der Waals surface area contributed by atoms with Crippen LogP contribution in [0.3, 0.4) is 0 Å². The minimum atomic E-state index is -4.53. The van der Waals surface area contributed by atoms with Crippen molar-refractivity contribution >= 4 is 15.7 Å². The third-order valence-electron chi connectivity index (χ3n) is 4.37. The van der Waals surface area contributed by atoms with Crippen LogP contribution in [0.15, 0.2) is 16.8 Å². The summed E-state index contributed by atoms with van der Waals surface area (Å²) in [4.78, 5) is 20.7. The smallest absolute Gasteiger partial charge is 0.422 e. The summed E-state index contributed by atoms with van der Waals surface area (Å²) < 4.78 is 71.0. The first-order valence-corrected chi connectivity index (χ1v) is 11.4. The van der Waals surface area contributed by atoms with Crippen LogP contribution in [0.25, 0.3) is 0 Å². The lowest BCUT2D eigenvalue weighted by molar-refractivity contribution is -0.153. The molecule has 1 atom stereocenters. The van der Waals surface area contributed by atoms with Gasteiger partial charge >= 0.3 is 6.18 Å². The third-order valence-corrected chi connectivity index (χ3v) is 5.38. The first-order valence-electron chi connectivity index (χ1n) is 9.37. The number of amides is 1. The van der Waals surface area contributed by atoms with Crippen molar-refractivity contribution in [2.45, 2.75) is 44.3 Å². The molecule has 170 valence electrons. The van der Waals surface area contributed by atoms with E-state index < -0.39 is 40.3 Å². The zero-order valence-electron chi connectivity index (χ0n) is 16.8. The lowest BCUT2D eigenvalue weighted by Gasteiger charge is -2.17. The molecule has 2 aromatic rings. The van der Waals surface area contributed by atoms with Crippen molar-refractivity contribution in [3.63, 3.8) is 0 Å². The molecule has 1 aliphatic carbocycles. The number of pyridine rings is 1. The number of ether oxygens (including phenoxy) is 1. The maximum absolute atomic E-state index is 12.7. The molecule has 13 heteroatoms. The number of aromatic nitrogens is 3. The van der Waals surface area contributed by atoms with Gasteiger partial charge in [0.15, 0.2) is 12.4 Å². The Hall–Kier alpha value is -2.70. The fourth-order valence-corrected chi connectivity index (χ4v) is 3.91. The van der Waals surface area contributed by atoms with Crippen molar-refractivity contribution in [2.24, 2.45) is 0 Å². The topological polar surface area (TPSA) is 124 Å². The van der Waals surface area contributed by atoms with Gasteiger partial charge in [-0.3, -0.25) is 9.78 Å². The van der Waals surface area contributed by atoms with Crippen LogP contribution in [0.5, 0.6) is 5.75 Å². The van der Waals surface area contributed by atoms with Gasteiger partial charge in [0.25, 0.3) is 5.91 Å². The van der Waals surface area contributed by atoms with Gasteiger partial charge in [0, 0.05) is 37.4 Å². The normalized spacial score (nSPS) is 15.5. The molecule has 1 fully saturated rings. The van der Waals surface area contributed by atoms with Gasteiger partial charge in [-0.2, -0.15) is 18.2 Å². The molecule has 1 aliphatic rings. The number of aryl methyl sites for hydroxylation is 1. The number of hydrogen-bond donors (Lipinski definition) is 1. The second-order valence-electron chi connectivity index (χ2n) is 7.48. The molecule has 1 N–H and O–H groups in total. The van der Waals surface area contributed by atoms with Crippen LogP contribution in [0, 0.1) is 6.92 Å². The van der Waals surface area contributed by atoms with E-state index in [1.165, 1.54) is 6.20 Å². The van der Waals surface area contributed by atoms with Crippen molar-refractivity contribution < 1.29 is 35.6 Å². The Labute approximate surface area is 176 Å². The summed E-state index contributed by atoms with van der Waals surface area (Å²) in [6.45, 7) is 0.0696. The van der Waals surface area contributed by atoms with Gasteiger partial charge in [0.05, 0.1) is 11.8 Å². The van der Waals surface area contributed by atoms with Gasteiger partial charge < -0.3 is 14.6 Å². The maximum atomic E-state index is 12.7. The maximum Gasteiger partial charge on any atom is 0.422 e. The third kappa shape index (κ3) is 7.19. The molecule has 1 amide bonds. The molecular weight excluding hydrogens is 441 g/mol. The van der Waals surface area contributed by atoms with Crippen LogP contribution in [-0.2, 0) is 16.3 Å². The zero-order valence-corrected chi connectivity index (χ0v) is 17.6. The van der Waals surface area contributed by atoms with Gasteiger partial charge in [0.2, 0.25) is 5.89 Å². The molecule has 0 radical (unpaired) electrons. The van der Waals surface area contributed by atoms with Gasteiger partial charge in [0.1, 0.15) is 21.3 Å². The summed E-state index contributed by atoms with van der Waals surface area (Å²) >= 11 is 0. The van der Waals surface area contributed by atoms with Crippen LogP contribution < -0.4 is 10.1 Å². The van der Waals surface area contributed by atoms with E-state index in [1.54, 1.807) is 6.92 Å². The Kier molecular flexibility index (Phi) is 6.53. The largest absolute Gasteiger partial charge is 0.484 e. The molecule has 0 saturated heterocycles. The summed E-state index contributed by atoms with van der Waals surface area (Å²) in [5.41, 5.74) is 0.320. The molecule has 0 aliphatic heterocycles. The highest BCUT2D eigenvalue weighted by atomic mass is 32.2. The molecule has 0 spiro atoms. The summed E-state index contributed by atoms with van der Waals surface area (Å²) in [7, 11) is -3.48. The summed E-state index contributed by atoms with van der Waals surface area (Å²) in [5, 5.41) is 6.22. The average molecular weight is 462 g/mol. The summed E-state index contributed by atoms with van der Waals surface area (Å²) in [5.74, 6) is -0.682. The first-order chi connectivity index (χ1) is 14.4. The van der Waals surface area contributed by atoms with E-state index in [-0.39, 0.29) is 35.5 Å². The van der Waals surface area contributed by atoms with E-state index in [2.05, 4.69) is 20.4 Å². The molecular formula is C18H21F3N4O5S. The van der Waals surface area contributed by atoms with Crippen LogP contribution in [0.4, 0.5) is 13.2 Å². The number of hydrogen-bond acceptors (Lipinski definition) is 8. The zero-order chi connectivity index (χ0) is 22.8. The van der Waals surface area contributed by atoms with Gasteiger partial charge in [-0.25, -0.2) is 8.42 Å². The van der Waals surface area contributed by atoms with Crippen molar-refractivity contribution in [3.8, 4) is 5.75 Å². The quantitative estimate of drug-likeness (QED) is 0.600. The SMILES string of the molecule is Cc1nc(C[C@@H](CS(C)(=O)=O)NC(=O)c2cc(OCC(F)(F)F)c(C3CC3)cn2)no1. The highest BCUT2D eigenvalue weighted by Crippen LogP contribution is 2.44. The monoisotopic (exact) mass is 462 g/mol. The minimum Gasteiger partial charge on any atom is -0.484 e. The molecule has 9 nitrogen and oxygen atoms in total. The lowest BCUT2D eigenvalue weighted by atomic mass is 10.1. The number of nitrogens with zero attached hydrogens (tertiary/aromatic N) is 3. The first kappa shape index (κ1) is 23.0. The van der Waals surface area contributed by atoms with Gasteiger partial charge in [-0.1, -0.05) is 5.16 Å². The second-order valence-corrected chi connectivity index (χ2v) is 9.67. The second kappa shape index (κ2) is 8.81. The molecule has 0 bridgehead atoms. The molecule has 2 aromatic heterocycles. The van der Waals surface area contributed by atoms with E-state index >= 15 is 0 Å². The number of sulfone groups is 1. The lowest BCUT2D eigenvalue weighted by Crippen LogP contribution is -2.41. The Morgan fingerprint density at radius 3 is 2.65 bits per heavy atom. The standard InChI is InChI=1S/C18H21F3N4O5S/c1-10-23-16(25-30-10)5-12(8-31(2,27)28)24-17(26)14-6-15(29-9-18(19,20)21)13(7-22-14)11-3-4-11/h6-7,11-12H,3-5,8-9H2,1-2H3,(H,24,26)/t12-/m0/s1. The van der Waals surface area contributed by atoms with Crippen molar-refractivity contribution in [1.82, 2.24) is 20.4 Å². The van der Waals surface area contributed by atoms with Gasteiger partial charge in [-0.15, -0.1) is 0 Å². The number of rotatable bonds is 9. The highest BCUT2D eigenvalue weighted by molar-refractivity contribution is 7.90. The highest BCUT2D eigenvalue weighted by Gasteiger charge is 2.32. The molecule has 0 aromatic carbocycles. The number of nitrogens with one attached hydrogen (secondary N) is 1. The summed E-state index contributed by atoms with van der Waals surface area (Å²) in [6, 6.07) is 0.244. The molecule has 31 heavy (non-hydrogen) atoms. The molecule has 2 heterocycles. The average Bonchev–Trinajstić information content (AvgIpc) is 3.40. The summed E-state index contributed by atoms with van der Waals surface area (Å²) in [6.07, 6.45) is -0.609. The molecule has 1 saturated carbocycles. The number of halogens is 3. The van der Waals surface area contributed by atoms with Crippen molar-refractivity contribution in [1.29, 1.82) is 0 Å². The van der Waals surface area contributed by atoms with Crippen LogP contribution >= 0.6 is 0 Å². The molecule has 3 rings (SSSR count). The predicted molar refractivity (Wildman–Crippen MR) is 101 cm³/mol. The number of carbonyl (C=O) groups excluding carboxylic acids is 1. The van der Waals surface area contributed by atoms with Crippen LogP contribution in [-0.4, -0.2) is 60.3 Å². The van der Waals surface area contributed by atoms with Crippen LogP contribution in [0.2, 0.25) is 0 Å². The van der Waals surface area contributed by atoms with E-state index in [0.29, 0.717) is 5.56 Å². The van der Waals surface area contributed by atoms with E-state index in [0.717, 1.165) is 25.2 Å². The Morgan fingerprint density at radius 2 is 2.10 bits per heavy atom. The Balaban J connectivity index is 1.78. The van der Waals surface area contributed by atoms with Crippen molar-refractivity contribution in [3.05, 3.63) is 35.2 Å². The van der Waals surface area contributed by atoms with E-state index in [9.17, 15) is 26.4 Å².